The average Bonchev–Trinajstić information content (AvgIpc) is 3.02. The molecule has 26 heavy (non-hydrogen) atoms. The molecule has 1 saturated heterocycles. The Bertz CT molecular complexity index is 699. The van der Waals surface area contributed by atoms with Gasteiger partial charge >= 0.3 is 6.03 Å². The zero-order valence-electron chi connectivity index (χ0n) is 15.5. The van der Waals surface area contributed by atoms with Crippen LogP contribution in [0.15, 0.2) is 42.6 Å². The van der Waals surface area contributed by atoms with E-state index in [2.05, 4.69) is 41.7 Å². The first kappa shape index (κ1) is 18.5. The van der Waals surface area contributed by atoms with Gasteiger partial charge in [0.2, 0.25) is 0 Å². The Morgan fingerprint density at radius 2 is 2.12 bits per heavy atom. The third-order valence-electron chi connectivity index (χ3n) is 4.51. The molecule has 2 heterocycles. The maximum absolute atomic E-state index is 12.3. The lowest BCUT2D eigenvalue weighted by molar-refractivity contribution is -0.00717. The fourth-order valence-corrected chi connectivity index (χ4v) is 3.33. The normalized spacial score (nSPS) is 20.1. The number of anilines is 1. The number of nitrogens with one attached hydrogen (secondary N) is 2. The van der Waals surface area contributed by atoms with Crippen LogP contribution in [0.25, 0.3) is 0 Å². The number of rotatable bonds is 6. The summed E-state index contributed by atoms with van der Waals surface area (Å²) in [5.74, 6) is 1.16. The first-order valence-corrected chi connectivity index (χ1v) is 9.35. The second kappa shape index (κ2) is 8.85. The highest BCUT2D eigenvalue weighted by Gasteiger charge is 2.24. The van der Waals surface area contributed by atoms with Crippen molar-refractivity contribution in [3.63, 3.8) is 0 Å². The lowest BCUT2D eigenvalue weighted by Crippen LogP contribution is -2.44. The highest BCUT2D eigenvalue weighted by Crippen LogP contribution is 2.20. The number of carbonyl (C=O) groups excluding carboxylic acids is 1. The van der Waals surface area contributed by atoms with Gasteiger partial charge in [-0.1, -0.05) is 44.2 Å². The third kappa shape index (κ3) is 5.59. The summed E-state index contributed by atoms with van der Waals surface area (Å²) < 4.78 is 7.61. The Morgan fingerprint density at radius 3 is 2.88 bits per heavy atom. The SMILES string of the molecule is CC(C)C[C@@H]1C[C@@H](NC(=O)Nc2ccn(Cc3ccccc3)n2)CCO1. The number of urea groups is 1. The molecule has 2 amide bonds. The van der Waals surface area contributed by atoms with E-state index in [0.717, 1.165) is 19.3 Å². The van der Waals surface area contributed by atoms with Gasteiger partial charge in [0.05, 0.1) is 12.6 Å². The van der Waals surface area contributed by atoms with Gasteiger partial charge in [-0.2, -0.15) is 5.10 Å². The van der Waals surface area contributed by atoms with Crippen LogP contribution in [0.5, 0.6) is 0 Å². The topological polar surface area (TPSA) is 68.2 Å². The second-order valence-electron chi connectivity index (χ2n) is 7.33. The minimum atomic E-state index is -0.204. The van der Waals surface area contributed by atoms with E-state index in [1.54, 1.807) is 0 Å². The number of hydrogen-bond acceptors (Lipinski definition) is 3. The molecule has 1 aliphatic rings. The maximum atomic E-state index is 12.3. The van der Waals surface area contributed by atoms with E-state index in [1.807, 2.05) is 35.1 Å². The van der Waals surface area contributed by atoms with Crippen molar-refractivity contribution < 1.29 is 9.53 Å². The number of aromatic nitrogens is 2. The first-order valence-electron chi connectivity index (χ1n) is 9.35. The summed E-state index contributed by atoms with van der Waals surface area (Å²) in [6.07, 6.45) is 4.86. The van der Waals surface area contributed by atoms with Crippen molar-refractivity contribution in [2.24, 2.45) is 5.92 Å². The number of carbonyl (C=O) groups is 1. The minimum absolute atomic E-state index is 0.152. The van der Waals surface area contributed by atoms with Crippen molar-refractivity contribution in [2.45, 2.75) is 51.8 Å². The molecule has 2 atom stereocenters. The minimum Gasteiger partial charge on any atom is -0.378 e. The lowest BCUT2D eigenvalue weighted by atomic mass is 9.96. The van der Waals surface area contributed by atoms with Gasteiger partial charge in [0, 0.05) is 24.9 Å². The summed E-state index contributed by atoms with van der Waals surface area (Å²) in [5, 5.41) is 10.3. The maximum Gasteiger partial charge on any atom is 0.320 e. The summed E-state index contributed by atoms with van der Waals surface area (Å²) in [7, 11) is 0. The zero-order chi connectivity index (χ0) is 18.4. The lowest BCUT2D eigenvalue weighted by Gasteiger charge is -2.31. The fourth-order valence-electron chi connectivity index (χ4n) is 3.33. The zero-order valence-corrected chi connectivity index (χ0v) is 15.5. The molecule has 0 saturated carbocycles. The Hall–Kier alpha value is -2.34. The van der Waals surface area contributed by atoms with Crippen molar-refractivity contribution in [3.8, 4) is 0 Å². The third-order valence-corrected chi connectivity index (χ3v) is 4.51. The van der Waals surface area contributed by atoms with Gasteiger partial charge in [-0.05, 0) is 30.7 Å². The Kier molecular flexibility index (Phi) is 6.28. The summed E-state index contributed by atoms with van der Waals surface area (Å²) in [6.45, 7) is 5.77. The first-order chi connectivity index (χ1) is 12.6. The van der Waals surface area contributed by atoms with Gasteiger partial charge in [-0.25, -0.2) is 4.79 Å². The quantitative estimate of drug-likeness (QED) is 0.830. The van der Waals surface area contributed by atoms with Gasteiger partial charge in [-0.15, -0.1) is 0 Å². The van der Waals surface area contributed by atoms with Crippen LogP contribution >= 0.6 is 0 Å². The molecule has 3 rings (SSSR count). The van der Waals surface area contributed by atoms with Gasteiger partial charge in [-0.3, -0.25) is 10.00 Å². The molecule has 140 valence electrons. The molecule has 2 aromatic rings. The highest BCUT2D eigenvalue weighted by atomic mass is 16.5. The molecular formula is C20H28N4O2. The van der Waals surface area contributed by atoms with E-state index in [0.29, 0.717) is 24.9 Å². The molecule has 0 radical (unpaired) electrons. The number of benzene rings is 1. The number of nitrogens with zero attached hydrogens (tertiary/aromatic N) is 2. The van der Waals surface area contributed by atoms with Gasteiger partial charge in [0.15, 0.2) is 5.82 Å². The van der Waals surface area contributed by atoms with Crippen molar-refractivity contribution in [3.05, 3.63) is 48.2 Å². The number of hydrogen-bond donors (Lipinski definition) is 2. The van der Waals surface area contributed by atoms with Gasteiger partial charge in [0.1, 0.15) is 0 Å². The molecule has 0 bridgehead atoms. The fraction of sp³-hybridized carbons (Fsp3) is 0.500. The molecule has 0 aliphatic carbocycles. The van der Waals surface area contributed by atoms with Gasteiger partial charge in [0.25, 0.3) is 0 Å². The van der Waals surface area contributed by atoms with Crippen LogP contribution in [0.2, 0.25) is 0 Å². The summed E-state index contributed by atoms with van der Waals surface area (Å²) in [5.41, 5.74) is 1.17. The van der Waals surface area contributed by atoms with E-state index >= 15 is 0 Å². The van der Waals surface area contributed by atoms with Crippen molar-refractivity contribution in [2.75, 3.05) is 11.9 Å². The average molecular weight is 356 g/mol. The summed E-state index contributed by atoms with van der Waals surface area (Å²) >= 11 is 0. The second-order valence-corrected chi connectivity index (χ2v) is 7.33. The van der Waals surface area contributed by atoms with E-state index in [-0.39, 0.29) is 18.2 Å². The highest BCUT2D eigenvalue weighted by molar-refractivity contribution is 5.88. The van der Waals surface area contributed by atoms with Crippen LogP contribution in [-0.2, 0) is 11.3 Å². The summed E-state index contributed by atoms with van der Waals surface area (Å²) in [4.78, 5) is 12.3. The smallest absolute Gasteiger partial charge is 0.320 e. The van der Waals surface area contributed by atoms with Crippen LogP contribution in [0.4, 0.5) is 10.6 Å². The molecule has 2 N–H and O–H groups in total. The molecule has 1 fully saturated rings. The summed E-state index contributed by atoms with van der Waals surface area (Å²) in [6, 6.07) is 11.9. The Morgan fingerprint density at radius 1 is 1.31 bits per heavy atom. The van der Waals surface area contributed by atoms with E-state index < -0.39 is 0 Å². The number of ether oxygens (including phenoxy) is 1. The predicted octanol–water partition coefficient (Wildman–Crippen LogP) is 3.65. The molecular weight excluding hydrogens is 328 g/mol. The monoisotopic (exact) mass is 356 g/mol. The Balaban J connectivity index is 1.47. The van der Waals surface area contributed by atoms with Crippen LogP contribution in [0, 0.1) is 5.92 Å². The number of amides is 2. The molecule has 0 unspecified atom stereocenters. The predicted molar refractivity (Wildman–Crippen MR) is 102 cm³/mol. The molecule has 0 spiro atoms. The van der Waals surface area contributed by atoms with E-state index in [9.17, 15) is 4.79 Å². The standard InChI is InChI=1S/C20H28N4O2/c1-15(2)12-18-13-17(9-11-26-18)21-20(25)22-19-8-10-24(23-19)14-16-6-4-3-5-7-16/h3-8,10,15,17-18H,9,11-14H2,1-2H3,(H2,21,22,23,25)/t17-,18+/m0/s1. The Labute approximate surface area is 154 Å². The van der Waals surface area contributed by atoms with Crippen LogP contribution < -0.4 is 10.6 Å². The van der Waals surface area contributed by atoms with Gasteiger partial charge < -0.3 is 10.1 Å². The van der Waals surface area contributed by atoms with Crippen LogP contribution in [0.3, 0.4) is 0 Å². The van der Waals surface area contributed by atoms with E-state index in [1.165, 1.54) is 5.56 Å². The van der Waals surface area contributed by atoms with E-state index in [4.69, 9.17) is 4.74 Å². The van der Waals surface area contributed by atoms with Crippen molar-refractivity contribution in [1.29, 1.82) is 0 Å². The van der Waals surface area contributed by atoms with Crippen LogP contribution in [0.1, 0.15) is 38.7 Å². The van der Waals surface area contributed by atoms with Crippen molar-refractivity contribution in [1.82, 2.24) is 15.1 Å². The molecule has 6 nitrogen and oxygen atoms in total. The largest absolute Gasteiger partial charge is 0.378 e. The molecule has 1 aliphatic heterocycles. The molecule has 1 aromatic heterocycles. The van der Waals surface area contributed by atoms with Crippen LogP contribution in [-0.4, -0.2) is 34.6 Å². The molecule has 1 aromatic carbocycles. The molecule has 6 heteroatoms. The van der Waals surface area contributed by atoms with Crippen molar-refractivity contribution >= 4 is 11.8 Å².